The second kappa shape index (κ2) is 7.78. The molecule has 1 N–H and O–H groups in total. The van der Waals surface area contributed by atoms with Crippen molar-refractivity contribution in [3.05, 3.63) is 46.2 Å². The van der Waals surface area contributed by atoms with E-state index in [-0.39, 0.29) is 12.1 Å². The highest BCUT2D eigenvalue weighted by molar-refractivity contribution is 7.10. The van der Waals surface area contributed by atoms with Gasteiger partial charge in [-0.05, 0) is 35.1 Å². The van der Waals surface area contributed by atoms with Gasteiger partial charge in [0, 0.05) is 18.5 Å². The molecule has 0 unspecified atom stereocenters. The molecule has 0 radical (unpaired) electrons. The molecule has 2 heterocycles. The van der Waals surface area contributed by atoms with Crippen LogP contribution in [0.5, 0.6) is 11.5 Å². The summed E-state index contributed by atoms with van der Waals surface area (Å²) in [6, 6.07) is 9.83. The molecule has 25 heavy (non-hydrogen) atoms. The zero-order valence-electron chi connectivity index (χ0n) is 14.8. The number of rotatable bonds is 5. The number of amides is 2. The van der Waals surface area contributed by atoms with E-state index in [9.17, 15) is 4.79 Å². The molecule has 0 aliphatic carbocycles. The first-order chi connectivity index (χ1) is 12.0. The molecule has 6 heteroatoms. The number of nitrogens with zero attached hydrogens (tertiary/aromatic N) is 1. The SMILES string of the molecule is CC(C)[C@H](NC(=O)N(C)Cc1ccc2c(c1)OCCO2)c1cccs1. The van der Waals surface area contributed by atoms with E-state index in [0.29, 0.717) is 25.7 Å². The van der Waals surface area contributed by atoms with Crippen molar-refractivity contribution in [2.45, 2.75) is 26.4 Å². The molecule has 1 aromatic carbocycles. The maximum atomic E-state index is 12.6. The van der Waals surface area contributed by atoms with Gasteiger partial charge in [0.15, 0.2) is 11.5 Å². The van der Waals surface area contributed by atoms with Gasteiger partial charge in [-0.1, -0.05) is 26.0 Å². The van der Waals surface area contributed by atoms with Crippen LogP contribution in [0.15, 0.2) is 35.7 Å². The molecule has 2 amide bonds. The van der Waals surface area contributed by atoms with E-state index in [1.807, 2.05) is 29.6 Å². The number of urea groups is 1. The van der Waals surface area contributed by atoms with Crippen molar-refractivity contribution in [2.24, 2.45) is 5.92 Å². The zero-order valence-corrected chi connectivity index (χ0v) is 15.6. The Labute approximate surface area is 152 Å². The van der Waals surface area contributed by atoms with Crippen LogP contribution in [-0.2, 0) is 6.54 Å². The molecule has 1 aliphatic rings. The van der Waals surface area contributed by atoms with E-state index in [2.05, 4.69) is 25.2 Å². The van der Waals surface area contributed by atoms with Gasteiger partial charge in [0.05, 0.1) is 6.04 Å². The third-order valence-corrected chi connectivity index (χ3v) is 5.12. The van der Waals surface area contributed by atoms with Crippen LogP contribution in [0.3, 0.4) is 0 Å². The maximum absolute atomic E-state index is 12.6. The lowest BCUT2D eigenvalue weighted by Crippen LogP contribution is -2.40. The minimum atomic E-state index is -0.0815. The molecule has 1 aliphatic heterocycles. The van der Waals surface area contributed by atoms with Gasteiger partial charge in [-0.3, -0.25) is 0 Å². The molecule has 0 bridgehead atoms. The van der Waals surface area contributed by atoms with E-state index in [4.69, 9.17) is 9.47 Å². The predicted molar refractivity (Wildman–Crippen MR) is 99.3 cm³/mol. The third kappa shape index (κ3) is 4.25. The molecular formula is C19H24N2O3S. The highest BCUT2D eigenvalue weighted by Gasteiger charge is 2.21. The van der Waals surface area contributed by atoms with Gasteiger partial charge in [-0.2, -0.15) is 0 Å². The number of thiophene rings is 1. The van der Waals surface area contributed by atoms with Gasteiger partial charge in [-0.25, -0.2) is 4.79 Å². The van der Waals surface area contributed by atoms with E-state index >= 15 is 0 Å². The predicted octanol–water partition coefficient (Wildman–Crippen LogP) is 4.06. The van der Waals surface area contributed by atoms with Gasteiger partial charge < -0.3 is 19.7 Å². The molecule has 1 aromatic heterocycles. The lowest BCUT2D eigenvalue weighted by Gasteiger charge is -2.26. The number of carbonyl (C=O) groups is 1. The first kappa shape index (κ1) is 17.6. The second-order valence-electron chi connectivity index (χ2n) is 6.52. The van der Waals surface area contributed by atoms with Crippen molar-refractivity contribution in [3.8, 4) is 11.5 Å². The minimum Gasteiger partial charge on any atom is -0.486 e. The Morgan fingerprint density at radius 1 is 1.24 bits per heavy atom. The lowest BCUT2D eigenvalue weighted by atomic mass is 10.0. The average Bonchev–Trinajstić information content (AvgIpc) is 3.13. The van der Waals surface area contributed by atoms with Gasteiger partial charge in [0.25, 0.3) is 0 Å². The maximum Gasteiger partial charge on any atom is 0.317 e. The molecule has 0 spiro atoms. The Bertz CT molecular complexity index is 715. The number of benzene rings is 1. The van der Waals surface area contributed by atoms with Crippen LogP contribution in [0, 0.1) is 5.92 Å². The fourth-order valence-electron chi connectivity index (χ4n) is 2.81. The Kier molecular flexibility index (Phi) is 5.48. The molecule has 1 atom stereocenters. The molecule has 2 aromatic rings. The number of ether oxygens (including phenoxy) is 2. The summed E-state index contributed by atoms with van der Waals surface area (Å²) in [7, 11) is 1.80. The molecule has 134 valence electrons. The molecule has 0 fully saturated rings. The first-order valence-electron chi connectivity index (χ1n) is 8.48. The lowest BCUT2D eigenvalue weighted by molar-refractivity contribution is 0.171. The Morgan fingerprint density at radius 3 is 2.68 bits per heavy atom. The summed E-state index contributed by atoms with van der Waals surface area (Å²) in [6.45, 7) is 5.88. The van der Waals surface area contributed by atoms with Crippen molar-refractivity contribution >= 4 is 17.4 Å². The van der Waals surface area contributed by atoms with Crippen molar-refractivity contribution < 1.29 is 14.3 Å². The Balaban J connectivity index is 1.64. The summed E-state index contributed by atoms with van der Waals surface area (Å²) < 4.78 is 11.1. The fraction of sp³-hybridized carbons (Fsp3) is 0.421. The molecule has 3 rings (SSSR count). The van der Waals surface area contributed by atoms with Crippen LogP contribution in [0.25, 0.3) is 0 Å². The second-order valence-corrected chi connectivity index (χ2v) is 7.50. The van der Waals surface area contributed by atoms with Crippen LogP contribution >= 0.6 is 11.3 Å². The largest absolute Gasteiger partial charge is 0.486 e. The van der Waals surface area contributed by atoms with Crippen molar-refractivity contribution in [3.63, 3.8) is 0 Å². The van der Waals surface area contributed by atoms with E-state index in [1.165, 1.54) is 4.88 Å². The third-order valence-electron chi connectivity index (χ3n) is 4.17. The number of nitrogens with one attached hydrogen (secondary N) is 1. The van der Waals surface area contributed by atoms with Crippen molar-refractivity contribution in [2.75, 3.05) is 20.3 Å². The van der Waals surface area contributed by atoms with E-state index < -0.39 is 0 Å². The monoisotopic (exact) mass is 360 g/mol. The first-order valence-corrected chi connectivity index (χ1v) is 9.36. The quantitative estimate of drug-likeness (QED) is 0.875. The molecule has 0 saturated heterocycles. The van der Waals surface area contributed by atoms with Crippen LogP contribution in [0.4, 0.5) is 4.79 Å². The number of hydrogen-bond donors (Lipinski definition) is 1. The highest BCUT2D eigenvalue weighted by atomic mass is 32.1. The van der Waals surface area contributed by atoms with Crippen LogP contribution in [0.2, 0.25) is 0 Å². The van der Waals surface area contributed by atoms with Crippen LogP contribution in [0.1, 0.15) is 30.3 Å². The van der Waals surface area contributed by atoms with Crippen LogP contribution < -0.4 is 14.8 Å². The van der Waals surface area contributed by atoms with Gasteiger partial charge in [0.2, 0.25) is 0 Å². The molecule has 0 saturated carbocycles. The highest BCUT2D eigenvalue weighted by Crippen LogP contribution is 2.31. The normalized spacial score (nSPS) is 14.2. The minimum absolute atomic E-state index is 0.0233. The number of carbonyl (C=O) groups excluding carboxylic acids is 1. The topological polar surface area (TPSA) is 50.8 Å². The summed E-state index contributed by atoms with van der Waals surface area (Å²) in [5.74, 6) is 1.83. The Morgan fingerprint density at radius 2 is 2.00 bits per heavy atom. The fourth-order valence-corrected chi connectivity index (χ4v) is 3.76. The number of hydrogen-bond acceptors (Lipinski definition) is 4. The summed E-state index contributed by atoms with van der Waals surface area (Å²) in [5, 5.41) is 5.18. The molecule has 5 nitrogen and oxygen atoms in total. The summed E-state index contributed by atoms with van der Waals surface area (Å²) in [6.07, 6.45) is 0. The van der Waals surface area contributed by atoms with E-state index in [0.717, 1.165) is 17.1 Å². The summed E-state index contributed by atoms with van der Waals surface area (Å²) >= 11 is 1.67. The van der Waals surface area contributed by atoms with Crippen LogP contribution in [-0.4, -0.2) is 31.2 Å². The van der Waals surface area contributed by atoms with Gasteiger partial charge in [0.1, 0.15) is 13.2 Å². The summed E-state index contributed by atoms with van der Waals surface area (Å²) in [4.78, 5) is 15.5. The van der Waals surface area contributed by atoms with Gasteiger partial charge >= 0.3 is 6.03 Å². The average molecular weight is 360 g/mol. The smallest absolute Gasteiger partial charge is 0.317 e. The van der Waals surface area contributed by atoms with E-state index in [1.54, 1.807) is 23.3 Å². The number of fused-ring (bicyclic) bond motifs is 1. The zero-order chi connectivity index (χ0) is 17.8. The molecular weight excluding hydrogens is 336 g/mol. The van der Waals surface area contributed by atoms with Crippen molar-refractivity contribution in [1.29, 1.82) is 0 Å². The summed E-state index contributed by atoms with van der Waals surface area (Å²) in [5.41, 5.74) is 1.01. The Hall–Kier alpha value is -2.21. The standard InChI is InChI=1S/C19H24N2O3S/c1-13(2)18(17-5-4-10-25-17)20-19(22)21(3)12-14-6-7-15-16(11-14)24-9-8-23-15/h4-7,10-11,13,18H,8-9,12H2,1-3H3,(H,20,22)/t18-/m0/s1. The van der Waals surface area contributed by atoms with Crippen molar-refractivity contribution in [1.82, 2.24) is 10.2 Å². The van der Waals surface area contributed by atoms with Gasteiger partial charge in [-0.15, -0.1) is 11.3 Å².